The number of carbonyl (C=O) groups excluding carboxylic acids is 1. The lowest BCUT2D eigenvalue weighted by molar-refractivity contribution is -0.127. The molecule has 1 N–H and O–H groups in total. The first kappa shape index (κ1) is 21.6. The Bertz CT molecular complexity index is 857. The van der Waals surface area contributed by atoms with Gasteiger partial charge in [-0.2, -0.15) is 4.98 Å². The van der Waals surface area contributed by atoms with E-state index < -0.39 is 0 Å². The van der Waals surface area contributed by atoms with Gasteiger partial charge in [-0.05, 0) is 57.0 Å². The zero-order chi connectivity index (χ0) is 20.9. The number of benzene rings is 1. The smallest absolute Gasteiger partial charge is 0.241 e. The van der Waals surface area contributed by atoms with Crippen LogP contribution in [-0.4, -0.2) is 40.1 Å². The van der Waals surface area contributed by atoms with Crippen LogP contribution in [0.3, 0.4) is 0 Å². The van der Waals surface area contributed by atoms with Gasteiger partial charge in [-0.25, -0.2) is 0 Å². The molecule has 162 valence electrons. The molecule has 2 fully saturated rings. The van der Waals surface area contributed by atoms with Gasteiger partial charge in [-0.1, -0.05) is 54.0 Å². The van der Waals surface area contributed by atoms with Crippen molar-refractivity contribution in [3.63, 3.8) is 0 Å². The average molecular weight is 451 g/mol. The molecule has 1 aliphatic heterocycles. The normalized spacial score (nSPS) is 19.5. The van der Waals surface area contributed by atoms with Crippen LogP contribution in [-0.2, 0) is 11.3 Å². The molecule has 4 rings (SSSR count). The van der Waals surface area contributed by atoms with E-state index in [1.54, 1.807) is 18.2 Å². The Balaban J connectivity index is 1.27. The molecule has 1 aromatic heterocycles. The molecular formula is C22H28Cl2N4O2. The molecule has 1 aliphatic carbocycles. The van der Waals surface area contributed by atoms with Gasteiger partial charge in [-0.3, -0.25) is 9.69 Å². The molecule has 30 heavy (non-hydrogen) atoms. The largest absolute Gasteiger partial charge is 0.353 e. The summed E-state index contributed by atoms with van der Waals surface area (Å²) < 4.78 is 5.42. The average Bonchev–Trinajstić information content (AvgIpc) is 3.03. The van der Waals surface area contributed by atoms with Crippen molar-refractivity contribution < 1.29 is 9.32 Å². The molecule has 1 amide bonds. The molecule has 1 saturated carbocycles. The highest BCUT2D eigenvalue weighted by molar-refractivity contribution is 6.36. The Morgan fingerprint density at radius 3 is 2.53 bits per heavy atom. The highest BCUT2D eigenvalue weighted by atomic mass is 35.5. The maximum absolute atomic E-state index is 12.7. The zero-order valence-corrected chi connectivity index (χ0v) is 18.6. The maximum Gasteiger partial charge on any atom is 0.241 e. The van der Waals surface area contributed by atoms with Gasteiger partial charge in [-0.15, -0.1) is 0 Å². The number of carbonyl (C=O) groups is 1. The minimum absolute atomic E-state index is 0.107. The van der Waals surface area contributed by atoms with Crippen molar-refractivity contribution in [3.8, 4) is 11.4 Å². The van der Waals surface area contributed by atoms with Crippen LogP contribution in [0.15, 0.2) is 22.7 Å². The molecule has 0 spiro atoms. The molecule has 0 bridgehead atoms. The molecule has 0 atom stereocenters. The van der Waals surface area contributed by atoms with E-state index in [1.165, 1.54) is 25.7 Å². The summed E-state index contributed by atoms with van der Waals surface area (Å²) >= 11 is 12.2. The van der Waals surface area contributed by atoms with Crippen LogP contribution in [0.2, 0.25) is 10.0 Å². The highest BCUT2D eigenvalue weighted by Crippen LogP contribution is 2.29. The van der Waals surface area contributed by atoms with Gasteiger partial charge in [0.25, 0.3) is 0 Å². The van der Waals surface area contributed by atoms with E-state index in [-0.39, 0.29) is 11.8 Å². The molecular weight excluding hydrogens is 423 g/mol. The number of aromatic nitrogens is 2. The number of likely N-dealkylation sites (tertiary alicyclic amines) is 1. The fourth-order valence-corrected chi connectivity index (χ4v) is 4.88. The summed E-state index contributed by atoms with van der Waals surface area (Å²) in [4.78, 5) is 19.4. The molecule has 8 heteroatoms. The first-order chi connectivity index (χ1) is 14.6. The molecule has 0 radical (unpaired) electrons. The summed E-state index contributed by atoms with van der Waals surface area (Å²) in [7, 11) is 0. The van der Waals surface area contributed by atoms with E-state index in [2.05, 4.69) is 20.4 Å². The summed E-state index contributed by atoms with van der Waals surface area (Å²) in [5.41, 5.74) is 0.699. The van der Waals surface area contributed by atoms with E-state index in [9.17, 15) is 4.79 Å². The Morgan fingerprint density at radius 1 is 1.10 bits per heavy atom. The number of hydrogen-bond acceptors (Lipinski definition) is 5. The Hall–Kier alpha value is -1.63. The monoisotopic (exact) mass is 450 g/mol. The molecule has 2 aromatic rings. The lowest BCUT2D eigenvalue weighted by Gasteiger charge is -2.31. The van der Waals surface area contributed by atoms with Gasteiger partial charge in [0.05, 0.1) is 11.6 Å². The van der Waals surface area contributed by atoms with Crippen LogP contribution < -0.4 is 5.32 Å². The van der Waals surface area contributed by atoms with Gasteiger partial charge >= 0.3 is 0 Å². The molecule has 1 saturated heterocycles. The van der Waals surface area contributed by atoms with E-state index in [1.807, 2.05) is 0 Å². The minimum atomic E-state index is 0.107. The maximum atomic E-state index is 12.7. The zero-order valence-electron chi connectivity index (χ0n) is 17.1. The Labute approximate surface area is 187 Å². The quantitative estimate of drug-likeness (QED) is 0.641. The van der Waals surface area contributed by atoms with Crippen LogP contribution in [0, 0.1) is 5.92 Å². The summed E-state index contributed by atoms with van der Waals surface area (Å²) in [6.07, 6.45) is 9.04. The number of piperidine rings is 1. The SMILES string of the molecule is O=C(NC1CCCCCC1)C1CCN(Cc2nc(-c3ccc(Cl)cc3Cl)no2)CC1. The van der Waals surface area contributed by atoms with Crippen LogP contribution in [0.5, 0.6) is 0 Å². The highest BCUT2D eigenvalue weighted by Gasteiger charge is 2.27. The van der Waals surface area contributed by atoms with E-state index >= 15 is 0 Å². The predicted octanol–water partition coefficient (Wildman–Crippen LogP) is 5.09. The van der Waals surface area contributed by atoms with Crippen LogP contribution in [0.4, 0.5) is 0 Å². The standard InChI is InChI=1S/C22H28Cl2N4O2/c23-16-7-8-18(19(24)13-16)21-26-20(30-27-21)14-28-11-9-15(10-12-28)22(29)25-17-5-3-1-2-4-6-17/h7-8,13,15,17H,1-6,9-12,14H2,(H,25,29). The summed E-state index contributed by atoms with van der Waals surface area (Å²) in [5, 5.41) is 8.42. The first-order valence-corrected chi connectivity index (χ1v) is 11.6. The second kappa shape index (κ2) is 10.1. The number of amides is 1. The van der Waals surface area contributed by atoms with Gasteiger partial charge in [0.1, 0.15) is 0 Å². The molecule has 2 aliphatic rings. The summed E-state index contributed by atoms with van der Waals surface area (Å²) in [6, 6.07) is 5.58. The third-order valence-electron chi connectivity index (χ3n) is 6.16. The van der Waals surface area contributed by atoms with Crippen molar-refractivity contribution in [2.75, 3.05) is 13.1 Å². The Morgan fingerprint density at radius 2 is 1.83 bits per heavy atom. The van der Waals surface area contributed by atoms with Crippen molar-refractivity contribution in [1.82, 2.24) is 20.4 Å². The molecule has 1 aromatic carbocycles. The van der Waals surface area contributed by atoms with Gasteiger partial charge < -0.3 is 9.84 Å². The number of hydrogen-bond donors (Lipinski definition) is 1. The van der Waals surface area contributed by atoms with Crippen LogP contribution in [0.1, 0.15) is 57.3 Å². The van der Waals surface area contributed by atoms with E-state index in [0.717, 1.165) is 38.8 Å². The van der Waals surface area contributed by atoms with E-state index in [4.69, 9.17) is 27.7 Å². The first-order valence-electron chi connectivity index (χ1n) is 10.9. The minimum Gasteiger partial charge on any atom is -0.353 e. The predicted molar refractivity (Wildman–Crippen MR) is 117 cm³/mol. The Kier molecular flexibility index (Phi) is 7.28. The van der Waals surface area contributed by atoms with Gasteiger partial charge in [0.15, 0.2) is 0 Å². The second-order valence-electron chi connectivity index (χ2n) is 8.38. The van der Waals surface area contributed by atoms with Crippen molar-refractivity contribution in [2.45, 2.75) is 64.0 Å². The lowest BCUT2D eigenvalue weighted by atomic mass is 9.95. The molecule has 6 nitrogen and oxygen atoms in total. The van der Waals surface area contributed by atoms with Gasteiger partial charge in [0, 0.05) is 22.5 Å². The lowest BCUT2D eigenvalue weighted by Crippen LogP contribution is -2.43. The topological polar surface area (TPSA) is 71.3 Å². The van der Waals surface area contributed by atoms with Crippen LogP contribution >= 0.6 is 23.2 Å². The third-order valence-corrected chi connectivity index (χ3v) is 6.71. The number of halogens is 2. The van der Waals surface area contributed by atoms with Crippen molar-refractivity contribution in [2.24, 2.45) is 5.92 Å². The van der Waals surface area contributed by atoms with Crippen molar-refractivity contribution in [3.05, 3.63) is 34.1 Å². The van der Waals surface area contributed by atoms with E-state index in [0.29, 0.717) is 39.9 Å². The molecule has 2 heterocycles. The van der Waals surface area contributed by atoms with Gasteiger partial charge in [0.2, 0.25) is 17.6 Å². The van der Waals surface area contributed by atoms with Crippen molar-refractivity contribution >= 4 is 29.1 Å². The summed E-state index contributed by atoms with van der Waals surface area (Å²) in [5.74, 6) is 1.36. The summed E-state index contributed by atoms with van der Waals surface area (Å²) in [6.45, 7) is 2.28. The van der Waals surface area contributed by atoms with Crippen molar-refractivity contribution in [1.29, 1.82) is 0 Å². The fraction of sp³-hybridized carbons (Fsp3) is 0.591. The van der Waals surface area contributed by atoms with Crippen LogP contribution in [0.25, 0.3) is 11.4 Å². The number of rotatable bonds is 5. The fourth-order valence-electron chi connectivity index (χ4n) is 4.39. The number of nitrogens with zero attached hydrogens (tertiary/aromatic N) is 3. The second-order valence-corrected chi connectivity index (χ2v) is 9.23. The number of nitrogens with one attached hydrogen (secondary N) is 1. The molecule has 0 unspecified atom stereocenters. The third kappa shape index (κ3) is 5.54.